The van der Waals surface area contributed by atoms with Crippen LogP contribution in [0, 0.1) is 0 Å². The van der Waals surface area contributed by atoms with Gasteiger partial charge in [0.2, 0.25) is 5.52 Å². The van der Waals surface area contributed by atoms with Gasteiger partial charge < -0.3 is 4.74 Å². The first kappa shape index (κ1) is 19.4. The minimum absolute atomic E-state index is 0.123. The van der Waals surface area contributed by atoms with E-state index >= 15 is 0 Å². The molecule has 1 aromatic carbocycles. The topological polar surface area (TPSA) is 30.2 Å². The van der Waals surface area contributed by atoms with Crippen molar-refractivity contribution in [3.63, 3.8) is 0 Å². The Hall–Kier alpha value is -1.90. The normalized spacial score (nSPS) is 11.0. The third-order valence-corrected chi connectivity index (χ3v) is 4.68. The molecule has 136 valence electrons. The second-order valence-corrected chi connectivity index (χ2v) is 6.89. The number of fused-ring (bicyclic) bond motifs is 1. The molecule has 1 heterocycles. The average Bonchev–Trinajstić information content (AvgIpc) is 2.60. The van der Waals surface area contributed by atoms with Crippen molar-refractivity contribution >= 4 is 16.9 Å². The Morgan fingerprint density at radius 2 is 1.64 bits per heavy atom. The van der Waals surface area contributed by atoms with Crippen LogP contribution in [0.15, 0.2) is 36.5 Å². The molecule has 0 amide bonds. The highest BCUT2D eigenvalue weighted by atomic mass is 16.5. The van der Waals surface area contributed by atoms with E-state index in [1.807, 2.05) is 43.6 Å². The number of unbranched alkanes of at least 4 members (excludes halogenated alkanes) is 8. The summed E-state index contributed by atoms with van der Waals surface area (Å²) in [5.74, 6) is 0.516. The van der Waals surface area contributed by atoms with Crippen LogP contribution in [-0.2, 0) is 11.8 Å². The van der Waals surface area contributed by atoms with Crippen LogP contribution >= 0.6 is 0 Å². The summed E-state index contributed by atoms with van der Waals surface area (Å²) < 4.78 is 7.54. The molecule has 2 aromatic rings. The van der Waals surface area contributed by atoms with Crippen LogP contribution in [0.5, 0.6) is 5.75 Å². The van der Waals surface area contributed by atoms with Crippen molar-refractivity contribution in [2.75, 3.05) is 0 Å². The maximum absolute atomic E-state index is 12.0. The maximum atomic E-state index is 12.0. The molecule has 25 heavy (non-hydrogen) atoms. The Morgan fingerprint density at radius 1 is 0.960 bits per heavy atom. The van der Waals surface area contributed by atoms with Crippen LogP contribution < -0.4 is 9.30 Å². The summed E-state index contributed by atoms with van der Waals surface area (Å²) in [4.78, 5) is 12.0. The van der Waals surface area contributed by atoms with Gasteiger partial charge in [0.1, 0.15) is 12.8 Å². The summed E-state index contributed by atoms with van der Waals surface area (Å²) in [5, 5.41) is 1.08. The van der Waals surface area contributed by atoms with Crippen LogP contribution in [0.4, 0.5) is 0 Å². The van der Waals surface area contributed by atoms with Gasteiger partial charge in [-0.15, -0.1) is 0 Å². The van der Waals surface area contributed by atoms with Crippen molar-refractivity contribution in [2.45, 2.75) is 71.1 Å². The number of rotatable bonds is 11. The number of carbonyl (C=O) groups excluding carboxylic acids is 1. The van der Waals surface area contributed by atoms with Crippen molar-refractivity contribution in [1.29, 1.82) is 0 Å². The zero-order valence-corrected chi connectivity index (χ0v) is 15.8. The molecule has 0 unspecified atom stereocenters. The van der Waals surface area contributed by atoms with Crippen molar-refractivity contribution in [1.82, 2.24) is 0 Å². The Morgan fingerprint density at radius 3 is 2.36 bits per heavy atom. The maximum Gasteiger partial charge on any atom is 0.311 e. The largest absolute Gasteiger partial charge is 0.426 e. The lowest BCUT2D eigenvalue weighted by Gasteiger charge is -2.05. The Kier molecular flexibility index (Phi) is 8.44. The van der Waals surface area contributed by atoms with Gasteiger partial charge in [0.05, 0.1) is 5.39 Å². The first-order valence-corrected chi connectivity index (χ1v) is 9.80. The predicted molar refractivity (Wildman–Crippen MR) is 103 cm³/mol. The number of aromatic nitrogens is 1. The fraction of sp³-hybridized carbons (Fsp3) is 0.545. The number of nitrogens with zero attached hydrogens (tertiary/aromatic N) is 1. The number of ether oxygens (including phenoxy) is 1. The summed E-state index contributed by atoms with van der Waals surface area (Å²) in [6.45, 7) is 2.25. The molecule has 0 radical (unpaired) electrons. The molecule has 3 nitrogen and oxygen atoms in total. The van der Waals surface area contributed by atoms with E-state index in [2.05, 4.69) is 11.5 Å². The third-order valence-electron chi connectivity index (χ3n) is 4.68. The summed E-state index contributed by atoms with van der Waals surface area (Å²) >= 11 is 0. The summed E-state index contributed by atoms with van der Waals surface area (Å²) in [5.41, 5.74) is 1.13. The number of aryl methyl sites for hydroxylation is 1. The number of benzene rings is 1. The minimum Gasteiger partial charge on any atom is -0.426 e. The molecule has 0 N–H and O–H groups in total. The molecule has 0 atom stereocenters. The van der Waals surface area contributed by atoms with Gasteiger partial charge in [0.15, 0.2) is 6.20 Å². The van der Waals surface area contributed by atoms with Gasteiger partial charge in [-0.3, -0.25) is 4.79 Å². The van der Waals surface area contributed by atoms with Gasteiger partial charge in [-0.2, -0.15) is 0 Å². The predicted octanol–water partition coefficient (Wildman–Crippen LogP) is 5.49. The van der Waals surface area contributed by atoms with Crippen molar-refractivity contribution in [3.8, 4) is 5.75 Å². The molecule has 0 bridgehead atoms. The first-order chi connectivity index (χ1) is 12.2. The second kappa shape index (κ2) is 10.9. The fourth-order valence-corrected chi connectivity index (χ4v) is 3.17. The Labute approximate surface area is 152 Å². The summed E-state index contributed by atoms with van der Waals surface area (Å²) in [6.07, 6.45) is 13.8. The number of hydrogen-bond acceptors (Lipinski definition) is 2. The van der Waals surface area contributed by atoms with E-state index in [0.29, 0.717) is 12.2 Å². The lowest BCUT2D eigenvalue weighted by molar-refractivity contribution is -0.644. The number of hydrogen-bond donors (Lipinski definition) is 0. The zero-order chi connectivity index (χ0) is 17.9. The van der Waals surface area contributed by atoms with Gasteiger partial charge in [-0.05, 0) is 24.6 Å². The fourth-order valence-electron chi connectivity index (χ4n) is 3.17. The Bertz CT molecular complexity index is 666. The lowest BCUT2D eigenvalue weighted by atomic mass is 10.1. The quantitative estimate of drug-likeness (QED) is 0.234. The van der Waals surface area contributed by atoms with E-state index in [-0.39, 0.29) is 5.97 Å². The van der Waals surface area contributed by atoms with Crippen molar-refractivity contribution < 1.29 is 14.1 Å². The van der Waals surface area contributed by atoms with Crippen molar-refractivity contribution in [2.24, 2.45) is 7.05 Å². The standard InChI is InChI=1S/C22H32NO2/c1-3-4-5-6-7-8-9-10-11-14-22(24)25-20-15-16-21-19(18-20)13-12-17-23(21)2/h12-13,15-18H,3-11,14H2,1-2H3/q+1. The van der Waals surface area contributed by atoms with Crippen LogP contribution in [0.2, 0.25) is 0 Å². The van der Waals surface area contributed by atoms with Crippen LogP contribution in [0.3, 0.4) is 0 Å². The van der Waals surface area contributed by atoms with Crippen LogP contribution in [0.1, 0.15) is 71.1 Å². The summed E-state index contributed by atoms with van der Waals surface area (Å²) in [6, 6.07) is 9.83. The van der Waals surface area contributed by atoms with Gasteiger partial charge >= 0.3 is 5.97 Å². The Balaban J connectivity index is 1.64. The van der Waals surface area contributed by atoms with E-state index in [1.165, 1.54) is 44.9 Å². The lowest BCUT2D eigenvalue weighted by Crippen LogP contribution is -2.27. The molecule has 2 rings (SSSR count). The molecule has 0 spiro atoms. The van der Waals surface area contributed by atoms with E-state index in [0.717, 1.165) is 23.7 Å². The SMILES string of the molecule is CCCCCCCCCCCC(=O)Oc1ccc2c(ccc[n+]2C)c1. The minimum atomic E-state index is -0.123. The van der Waals surface area contributed by atoms with E-state index in [4.69, 9.17) is 4.74 Å². The van der Waals surface area contributed by atoms with Gasteiger partial charge in [0.25, 0.3) is 0 Å². The number of pyridine rings is 1. The van der Waals surface area contributed by atoms with Crippen molar-refractivity contribution in [3.05, 3.63) is 36.5 Å². The van der Waals surface area contributed by atoms with E-state index < -0.39 is 0 Å². The van der Waals surface area contributed by atoms with E-state index in [1.54, 1.807) is 0 Å². The third kappa shape index (κ3) is 6.85. The average molecular weight is 343 g/mol. The highest BCUT2D eigenvalue weighted by Gasteiger charge is 2.08. The molecule has 0 fully saturated rings. The monoisotopic (exact) mass is 342 g/mol. The molecule has 0 aliphatic heterocycles. The molecular formula is C22H32NO2+. The molecule has 1 aromatic heterocycles. The smallest absolute Gasteiger partial charge is 0.311 e. The molecule has 0 saturated carbocycles. The molecule has 0 aliphatic rings. The summed E-state index contributed by atoms with van der Waals surface area (Å²) in [7, 11) is 2.01. The second-order valence-electron chi connectivity index (χ2n) is 6.89. The first-order valence-electron chi connectivity index (χ1n) is 9.80. The highest BCUT2D eigenvalue weighted by Crippen LogP contribution is 2.19. The molecule has 0 saturated heterocycles. The molecule has 0 aliphatic carbocycles. The van der Waals surface area contributed by atoms with E-state index in [9.17, 15) is 4.79 Å². The number of esters is 1. The van der Waals surface area contributed by atoms with Crippen LogP contribution in [-0.4, -0.2) is 5.97 Å². The van der Waals surface area contributed by atoms with Gasteiger partial charge in [-0.1, -0.05) is 58.3 Å². The zero-order valence-electron chi connectivity index (χ0n) is 15.8. The van der Waals surface area contributed by atoms with Gasteiger partial charge in [-0.25, -0.2) is 4.57 Å². The molecule has 3 heteroatoms. The highest BCUT2D eigenvalue weighted by molar-refractivity contribution is 5.79. The number of carbonyl (C=O) groups is 1. The molecular weight excluding hydrogens is 310 g/mol. The van der Waals surface area contributed by atoms with Crippen LogP contribution in [0.25, 0.3) is 10.9 Å². The van der Waals surface area contributed by atoms with Gasteiger partial charge in [0, 0.05) is 18.6 Å².